The average molecular weight is 113 g/mol. The molecule has 48 valence electrons. The molecular weight excluding hydrogens is 98.1 g/mol. The molecule has 1 aliphatic carbocycles. The third-order valence-corrected chi connectivity index (χ3v) is 1.51. The minimum absolute atomic E-state index is 0.676. The van der Waals surface area contributed by atoms with Crippen LogP contribution in [0.3, 0.4) is 0 Å². The number of rotatable bonds is 3. The second-order valence-corrected chi connectivity index (χ2v) is 3.01. The predicted molar refractivity (Wildman–Crippen MR) is 35.9 cm³/mol. The quantitative estimate of drug-likeness (QED) is 0.583. The lowest BCUT2D eigenvalue weighted by Gasteiger charge is -2.04. The van der Waals surface area contributed by atoms with E-state index in [9.17, 15) is 0 Å². The molecule has 0 bridgehead atoms. The molecule has 0 aromatic rings. The Labute approximate surface area is 51.5 Å². The molecule has 1 nitrogen and oxygen atoms in total. The van der Waals surface area contributed by atoms with E-state index >= 15 is 0 Å². The zero-order valence-corrected chi connectivity index (χ0v) is 5.78. The Morgan fingerprint density at radius 1 is 1.50 bits per heavy atom. The zero-order valence-electron chi connectivity index (χ0n) is 5.78. The highest BCUT2D eigenvalue weighted by Crippen LogP contribution is 2.27. The van der Waals surface area contributed by atoms with E-state index in [4.69, 9.17) is 0 Å². The second kappa shape index (κ2) is 2.49. The molecule has 1 saturated carbocycles. The van der Waals surface area contributed by atoms with Gasteiger partial charge in [0.1, 0.15) is 0 Å². The summed E-state index contributed by atoms with van der Waals surface area (Å²) in [5.74, 6) is 1.03. The first kappa shape index (κ1) is 6.09. The molecule has 1 aliphatic rings. The first-order chi connectivity index (χ1) is 3.79. The molecule has 1 N–H and O–H groups in total. The van der Waals surface area contributed by atoms with Crippen molar-refractivity contribution in [1.82, 2.24) is 5.32 Å². The van der Waals surface area contributed by atoms with Gasteiger partial charge in [-0.2, -0.15) is 0 Å². The number of hydrogen-bond donors (Lipinski definition) is 1. The van der Waals surface area contributed by atoms with Gasteiger partial charge in [-0.3, -0.25) is 0 Å². The standard InChI is InChI=1S/C7H15N/c1-6(2)8-5-7-3-4-7/h6-8H,3-5H2,1-2H3. The van der Waals surface area contributed by atoms with Crippen LogP contribution in [0, 0.1) is 5.92 Å². The predicted octanol–water partition coefficient (Wildman–Crippen LogP) is 1.39. The normalized spacial score (nSPS) is 19.9. The van der Waals surface area contributed by atoms with Gasteiger partial charge in [0.25, 0.3) is 0 Å². The molecule has 0 heterocycles. The Kier molecular flexibility index (Phi) is 1.90. The van der Waals surface area contributed by atoms with Crippen molar-refractivity contribution in [2.75, 3.05) is 6.54 Å². The second-order valence-electron chi connectivity index (χ2n) is 3.01. The van der Waals surface area contributed by atoms with Crippen LogP contribution in [0.5, 0.6) is 0 Å². The highest BCUT2D eigenvalue weighted by atomic mass is 14.9. The van der Waals surface area contributed by atoms with Crippen LogP contribution in [0.2, 0.25) is 0 Å². The molecule has 0 aromatic carbocycles. The molecule has 0 amide bonds. The molecule has 0 radical (unpaired) electrons. The lowest BCUT2D eigenvalue weighted by Crippen LogP contribution is -2.24. The van der Waals surface area contributed by atoms with Crippen LogP contribution in [0.4, 0.5) is 0 Å². The van der Waals surface area contributed by atoms with E-state index in [1.807, 2.05) is 0 Å². The van der Waals surface area contributed by atoms with Crippen molar-refractivity contribution in [2.24, 2.45) is 5.92 Å². The van der Waals surface area contributed by atoms with E-state index in [1.165, 1.54) is 19.4 Å². The number of nitrogens with one attached hydrogen (secondary N) is 1. The topological polar surface area (TPSA) is 12.0 Å². The number of hydrogen-bond acceptors (Lipinski definition) is 1. The average Bonchev–Trinajstić information content (AvgIpc) is 2.41. The van der Waals surface area contributed by atoms with Crippen LogP contribution in [-0.4, -0.2) is 12.6 Å². The minimum Gasteiger partial charge on any atom is -0.314 e. The summed E-state index contributed by atoms with van der Waals surface area (Å²) in [5, 5.41) is 3.41. The zero-order chi connectivity index (χ0) is 5.98. The van der Waals surface area contributed by atoms with Gasteiger partial charge >= 0.3 is 0 Å². The molecule has 0 aliphatic heterocycles. The van der Waals surface area contributed by atoms with Gasteiger partial charge in [0.2, 0.25) is 0 Å². The maximum absolute atomic E-state index is 3.41. The van der Waals surface area contributed by atoms with Crippen molar-refractivity contribution in [3.05, 3.63) is 0 Å². The highest BCUT2D eigenvalue weighted by Gasteiger charge is 2.20. The van der Waals surface area contributed by atoms with Crippen LogP contribution in [0.1, 0.15) is 26.7 Å². The summed E-state index contributed by atoms with van der Waals surface area (Å²) >= 11 is 0. The van der Waals surface area contributed by atoms with Gasteiger partial charge in [-0.25, -0.2) is 0 Å². The molecule has 8 heavy (non-hydrogen) atoms. The van der Waals surface area contributed by atoms with Crippen LogP contribution < -0.4 is 5.32 Å². The maximum Gasteiger partial charge on any atom is 0.00104 e. The summed E-state index contributed by atoms with van der Waals surface area (Å²) in [6.45, 7) is 5.64. The first-order valence-corrected chi connectivity index (χ1v) is 3.52. The van der Waals surface area contributed by atoms with E-state index < -0.39 is 0 Å². The van der Waals surface area contributed by atoms with Crippen LogP contribution in [0.25, 0.3) is 0 Å². The molecule has 0 saturated heterocycles. The van der Waals surface area contributed by atoms with Crippen LogP contribution >= 0.6 is 0 Å². The van der Waals surface area contributed by atoms with Crippen molar-refractivity contribution in [3.8, 4) is 0 Å². The molecule has 1 heteroatoms. The van der Waals surface area contributed by atoms with E-state index in [0.717, 1.165) is 5.92 Å². The van der Waals surface area contributed by atoms with Crippen molar-refractivity contribution in [2.45, 2.75) is 32.7 Å². The summed E-state index contributed by atoms with van der Waals surface area (Å²) in [6, 6.07) is 0.676. The molecule has 0 unspecified atom stereocenters. The summed E-state index contributed by atoms with van der Waals surface area (Å²) < 4.78 is 0. The molecule has 0 atom stereocenters. The largest absolute Gasteiger partial charge is 0.314 e. The Morgan fingerprint density at radius 2 is 2.12 bits per heavy atom. The van der Waals surface area contributed by atoms with Crippen molar-refractivity contribution >= 4 is 0 Å². The molecule has 0 spiro atoms. The van der Waals surface area contributed by atoms with Gasteiger partial charge in [0.05, 0.1) is 0 Å². The van der Waals surface area contributed by atoms with Gasteiger partial charge in [0.15, 0.2) is 0 Å². The Hall–Kier alpha value is -0.0400. The lowest BCUT2D eigenvalue weighted by molar-refractivity contribution is 0.561. The fourth-order valence-electron chi connectivity index (χ4n) is 0.724. The summed E-state index contributed by atoms with van der Waals surface area (Å²) in [6.07, 6.45) is 2.92. The van der Waals surface area contributed by atoms with Gasteiger partial charge in [0, 0.05) is 6.04 Å². The third kappa shape index (κ3) is 2.31. The Balaban J connectivity index is 1.87. The van der Waals surface area contributed by atoms with Crippen molar-refractivity contribution in [3.63, 3.8) is 0 Å². The monoisotopic (exact) mass is 113 g/mol. The lowest BCUT2D eigenvalue weighted by atomic mass is 10.3. The highest BCUT2D eigenvalue weighted by molar-refractivity contribution is 4.75. The summed E-state index contributed by atoms with van der Waals surface area (Å²) in [4.78, 5) is 0. The molecular formula is C7H15N. The smallest absolute Gasteiger partial charge is 0.00104 e. The van der Waals surface area contributed by atoms with Crippen LogP contribution in [0.15, 0.2) is 0 Å². The molecule has 0 aromatic heterocycles. The summed E-state index contributed by atoms with van der Waals surface area (Å²) in [5.41, 5.74) is 0. The first-order valence-electron chi connectivity index (χ1n) is 3.52. The van der Waals surface area contributed by atoms with Crippen molar-refractivity contribution < 1.29 is 0 Å². The van der Waals surface area contributed by atoms with E-state index in [2.05, 4.69) is 19.2 Å². The minimum atomic E-state index is 0.676. The molecule has 1 fully saturated rings. The fourth-order valence-corrected chi connectivity index (χ4v) is 0.724. The van der Waals surface area contributed by atoms with Gasteiger partial charge in [-0.1, -0.05) is 13.8 Å². The summed E-state index contributed by atoms with van der Waals surface area (Å²) in [7, 11) is 0. The van der Waals surface area contributed by atoms with E-state index in [1.54, 1.807) is 0 Å². The Morgan fingerprint density at radius 3 is 2.50 bits per heavy atom. The van der Waals surface area contributed by atoms with E-state index in [0.29, 0.717) is 6.04 Å². The third-order valence-electron chi connectivity index (χ3n) is 1.51. The fraction of sp³-hybridized carbons (Fsp3) is 1.00. The maximum atomic E-state index is 3.41. The van der Waals surface area contributed by atoms with E-state index in [-0.39, 0.29) is 0 Å². The Bertz CT molecular complexity index is 62.8. The SMILES string of the molecule is CC(C)NCC1CC1. The van der Waals surface area contributed by atoms with Gasteiger partial charge in [-0.05, 0) is 25.3 Å². The van der Waals surface area contributed by atoms with Gasteiger partial charge < -0.3 is 5.32 Å². The van der Waals surface area contributed by atoms with Gasteiger partial charge in [-0.15, -0.1) is 0 Å². The van der Waals surface area contributed by atoms with Crippen molar-refractivity contribution in [1.29, 1.82) is 0 Å². The molecule has 1 rings (SSSR count). The van der Waals surface area contributed by atoms with Crippen LogP contribution in [-0.2, 0) is 0 Å².